The van der Waals surface area contributed by atoms with Crippen LogP contribution in [0.5, 0.6) is 5.75 Å². The van der Waals surface area contributed by atoms with Crippen LogP contribution < -0.4 is 10.1 Å². The van der Waals surface area contributed by atoms with Gasteiger partial charge in [0.15, 0.2) is 0 Å². The van der Waals surface area contributed by atoms with Crippen molar-refractivity contribution in [2.45, 2.75) is 42.4 Å². The number of hydrogen-bond donors (Lipinski definition) is 1. The summed E-state index contributed by atoms with van der Waals surface area (Å²) >= 11 is 0. The van der Waals surface area contributed by atoms with E-state index in [0.717, 1.165) is 32.1 Å². The van der Waals surface area contributed by atoms with E-state index in [4.69, 9.17) is 9.47 Å². The Kier molecular flexibility index (Phi) is 7.36. The van der Waals surface area contributed by atoms with Gasteiger partial charge in [-0.2, -0.15) is 4.31 Å². The van der Waals surface area contributed by atoms with Crippen molar-refractivity contribution in [2.75, 3.05) is 40.0 Å². The highest BCUT2D eigenvalue weighted by molar-refractivity contribution is 7.89. The van der Waals surface area contributed by atoms with E-state index in [1.165, 1.54) is 29.1 Å². The number of nitrogens with one attached hydrogen (secondary N) is 1. The van der Waals surface area contributed by atoms with Crippen molar-refractivity contribution in [1.29, 1.82) is 0 Å². The van der Waals surface area contributed by atoms with Gasteiger partial charge in [0.2, 0.25) is 10.0 Å². The van der Waals surface area contributed by atoms with Crippen LogP contribution in [-0.4, -0.2) is 58.6 Å². The minimum absolute atomic E-state index is 0.124. The number of piperidine rings is 1. The lowest BCUT2D eigenvalue weighted by atomic mass is 9.74. The van der Waals surface area contributed by atoms with Gasteiger partial charge >= 0.3 is 0 Å². The van der Waals surface area contributed by atoms with Crippen molar-refractivity contribution in [3.8, 4) is 5.75 Å². The van der Waals surface area contributed by atoms with Gasteiger partial charge in [0.25, 0.3) is 5.91 Å². The highest BCUT2D eigenvalue weighted by atomic mass is 32.2. The molecule has 0 spiro atoms. The quantitative estimate of drug-likeness (QED) is 0.668. The Hall–Kier alpha value is -2.42. The number of ether oxygens (including phenoxy) is 2. The molecule has 4 rings (SSSR count). The Balaban J connectivity index is 1.57. The number of carbonyl (C=O) groups excluding carboxylic acids is 1. The van der Waals surface area contributed by atoms with Crippen LogP contribution in [0.25, 0.3) is 0 Å². The molecule has 2 aliphatic heterocycles. The molecule has 0 saturated carbocycles. The molecule has 2 aromatic rings. The van der Waals surface area contributed by atoms with E-state index in [1.54, 1.807) is 6.07 Å². The molecule has 0 bridgehead atoms. The Bertz CT molecular complexity index is 1060. The topological polar surface area (TPSA) is 84.9 Å². The van der Waals surface area contributed by atoms with Crippen molar-refractivity contribution in [2.24, 2.45) is 0 Å². The Morgan fingerprint density at radius 2 is 1.76 bits per heavy atom. The zero-order chi connectivity index (χ0) is 23.3. The van der Waals surface area contributed by atoms with E-state index in [2.05, 4.69) is 17.4 Å². The molecule has 0 aromatic heterocycles. The number of benzene rings is 2. The zero-order valence-corrected chi connectivity index (χ0v) is 19.9. The second-order valence-electron chi connectivity index (χ2n) is 8.77. The first-order valence-electron chi connectivity index (χ1n) is 11.6. The van der Waals surface area contributed by atoms with E-state index in [9.17, 15) is 13.2 Å². The van der Waals surface area contributed by atoms with Gasteiger partial charge in [-0.1, -0.05) is 36.8 Å². The van der Waals surface area contributed by atoms with Crippen LogP contribution in [0, 0.1) is 0 Å². The van der Waals surface area contributed by atoms with Crippen LogP contribution in [0.4, 0.5) is 0 Å². The minimum Gasteiger partial charge on any atom is -0.496 e. The summed E-state index contributed by atoms with van der Waals surface area (Å²) < 4.78 is 38.8. The average Bonchev–Trinajstić information content (AvgIpc) is 2.88. The van der Waals surface area contributed by atoms with Gasteiger partial charge in [-0.05, 0) is 49.4 Å². The molecule has 2 saturated heterocycles. The van der Waals surface area contributed by atoms with Gasteiger partial charge in [0, 0.05) is 38.3 Å². The summed E-state index contributed by atoms with van der Waals surface area (Å²) in [7, 11) is -2.17. The summed E-state index contributed by atoms with van der Waals surface area (Å²) in [5, 5.41) is 3.06. The molecule has 1 amide bonds. The number of rotatable bonds is 7. The largest absolute Gasteiger partial charge is 0.496 e. The Morgan fingerprint density at radius 1 is 1.06 bits per heavy atom. The molecule has 2 aliphatic rings. The Labute approximate surface area is 196 Å². The summed E-state index contributed by atoms with van der Waals surface area (Å²) in [6.45, 7) is 2.73. The summed E-state index contributed by atoms with van der Waals surface area (Å²) in [6, 6.07) is 14.7. The van der Waals surface area contributed by atoms with E-state index < -0.39 is 10.0 Å². The summed E-state index contributed by atoms with van der Waals surface area (Å²) in [5.41, 5.74) is 1.17. The Morgan fingerprint density at radius 3 is 2.42 bits per heavy atom. The number of methoxy groups -OCH3 is 1. The maximum Gasteiger partial charge on any atom is 0.255 e. The molecule has 2 aromatic carbocycles. The third kappa shape index (κ3) is 5.08. The average molecular weight is 473 g/mol. The summed E-state index contributed by atoms with van der Waals surface area (Å²) in [4.78, 5) is 13.4. The molecule has 1 N–H and O–H groups in total. The molecule has 33 heavy (non-hydrogen) atoms. The number of hydrogen-bond acceptors (Lipinski definition) is 5. The number of nitrogens with zero attached hydrogens (tertiary/aromatic N) is 1. The lowest BCUT2D eigenvalue weighted by Gasteiger charge is -2.38. The van der Waals surface area contributed by atoms with Crippen LogP contribution in [-0.2, 0) is 20.2 Å². The third-order valence-electron chi connectivity index (χ3n) is 6.79. The molecular formula is C25H32N2O5S. The fraction of sp³-hybridized carbons (Fsp3) is 0.480. The predicted molar refractivity (Wildman–Crippen MR) is 126 cm³/mol. The van der Waals surface area contributed by atoms with Crippen molar-refractivity contribution >= 4 is 15.9 Å². The molecule has 0 aliphatic carbocycles. The van der Waals surface area contributed by atoms with E-state index >= 15 is 0 Å². The van der Waals surface area contributed by atoms with Gasteiger partial charge in [-0.3, -0.25) is 4.79 Å². The monoisotopic (exact) mass is 472 g/mol. The smallest absolute Gasteiger partial charge is 0.255 e. The zero-order valence-electron chi connectivity index (χ0n) is 19.1. The first kappa shape index (κ1) is 23.7. The molecule has 178 valence electrons. The second-order valence-corrected chi connectivity index (χ2v) is 10.7. The summed E-state index contributed by atoms with van der Waals surface area (Å²) in [6.07, 6.45) is 4.36. The molecule has 0 radical (unpaired) electrons. The standard InChI is InChI=1S/C25H32N2O5S/c1-31-23-11-10-21(33(29,30)27-14-6-3-7-15-27)18-22(23)24(28)26-19-25(12-16-32-17-13-25)20-8-4-2-5-9-20/h2,4-5,8-11,18H,3,6-7,12-17,19H2,1H3,(H,26,28). The molecule has 2 fully saturated rings. The van der Waals surface area contributed by atoms with Crippen molar-refractivity contribution in [3.05, 3.63) is 59.7 Å². The molecule has 0 atom stereocenters. The first-order chi connectivity index (χ1) is 16.0. The minimum atomic E-state index is -3.65. The predicted octanol–water partition coefficient (Wildman–Crippen LogP) is 3.35. The molecule has 0 unspecified atom stereocenters. The van der Waals surface area contributed by atoms with Crippen molar-refractivity contribution in [1.82, 2.24) is 9.62 Å². The second kappa shape index (κ2) is 10.2. The van der Waals surface area contributed by atoms with E-state index in [-0.39, 0.29) is 21.8 Å². The molecule has 8 heteroatoms. The van der Waals surface area contributed by atoms with E-state index in [1.807, 2.05) is 18.2 Å². The molecular weight excluding hydrogens is 440 g/mol. The molecule has 2 heterocycles. The maximum atomic E-state index is 13.3. The normalized spacial score (nSPS) is 19.1. The first-order valence-corrected chi connectivity index (χ1v) is 13.0. The number of amides is 1. The van der Waals surface area contributed by atoms with E-state index in [0.29, 0.717) is 38.6 Å². The molecule has 7 nitrogen and oxygen atoms in total. The fourth-order valence-electron chi connectivity index (χ4n) is 4.75. The highest BCUT2D eigenvalue weighted by Gasteiger charge is 2.35. The van der Waals surface area contributed by atoms with Gasteiger partial charge in [-0.25, -0.2) is 8.42 Å². The van der Waals surface area contributed by atoms with Crippen LogP contribution in [0.1, 0.15) is 48.0 Å². The number of carbonyl (C=O) groups is 1. The summed E-state index contributed by atoms with van der Waals surface area (Å²) in [5.74, 6) is 0.00942. The SMILES string of the molecule is COc1ccc(S(=O)(=O)N2CCCCC2)cc1C(=O)NCC1(c2ccccc2)CCOCC1. The lowest BCUT2D eigenvalue weighted by molar-refractivity contribution is 0.0487. The van der Waals surface area contributed by atoms with Crippen LogP contribution >= 0.6 is 0 Å². The lowest BCUT2D eigenvalue weighted by Crippen LogP contribution is -2.44. The maximum absolute atomic E-state index is 13.3. The number of sulfonamides is 1. The van der Waals surface area contributed by atoms with Crippen molar-refractivity contribution < 1.29 is 22.7 Å². The van der Waals surface area contributed by atoms with Crippen LogP contribution in [0.3, 0.4) is 0 Å². The third-order valence-corrected chi connectivity index (χ3v) is 8.69. The van der Waals surface area contributed by atoms with Gasteiger partial charge in [0.1, 0.15) is 5.75 Å². The van der Waals surface area contributed by atoms with Gasteiger partial charge in [0.05, 0.1) is 17.6 Å². The van der Waals surface area contributed by atoms with Crippen LogP contribution in [0.2, 0.25) is 0 Å². The highest BCUT2D eigenvalue weighted by Crippen LogP contribution is 2.34. The van der Waals surface area contributed by atoms with Gasteiger partial charge in [-0.15, -0.1) is 0 Å². The fourth-order valence-corrected chi connectivity index (χ4v) is 6.29. The van der Waals surface area contributed by atoms with Crippen LogP contribution in [0.15, 0.2) is 53.4 Å². The van der Waals surface area contributed by atoms with Crippen molar-refractivity contribution in [3.63, 3.8) is 0 Å². The van der Waals surface area contributed by atoms with Gasteiger partial charge < -0.3 is 14.8 Å².